The summed E-state index contributed by atoms with van der Waals surface area (Å²) in [5.74, 6) is -0.968. The van der Waals surface area contributed by atoms with Gasteiger partial charge in [0.2, 0.25) is 0 Å². The summed E-state index contributed by atoms with van der Waals surface area (Å²) in [5, 5.41) is 13.8. The maximum absolute atomic E-state index is 11.2. The Morgan fingerprint density at radius 2 is 1.88 bits per heavy atom. The molecule has 0 saturated heterocycles. The van der Waals surface area contributed by atoms with Crippen LogP contribution in [0.5, 0.6) is 0 Å². The lowest BCUT2D eigenvalue weighted by molar-refractivity contribution is 0.0697. The van der Waals surface area contributed by atoms with Gasteiger partial charge in [0.15, 0.2) is 0 Å². The molecule has 1 aromatic carbocycles. The molecule has 5 nitrogen and oxygen atoms in total. The second kappa shape index (κ2) is 5.69. The predicted octanol–water partition coefficient (Wildman–Crippen LogP) is 1.72. The van der Waals surface area contributed by atoms with Gasteiger partial charge in [0.1, 0.15) is 0 Å². The zero-order valence-corrected chi connectivity index (χ0v) is 9.49. The van der Waals surface area contributed by atoms with Crippen LogP contribution in [0, 0.1) is 0 Å². The van der Waals surface area contributed by atoms with Crippen LogP contribution in [0.2, 0.25) is 0 Å². The summed E-state index contributed by atoms with van der Waals surface area (Å²) in [6, 6.07) is 5.97. The number of amides is 2. The molecule has 0 aliphatic rings. The number of hydrogen-bond donors (Lipinski definition) is 3. The van der Waals surface area contributed by atoms with E-state index in [2.05, 4.69) is 17.2 Å². The first kappa shape index (κ1) is 12.8. The molecule has 0 saturated carbocycles. The van der Waals surface area contributed by atoms with E-state index in [1.165, 1.54) is 12.1 Å². The molecule has 0 unspecified atom stereocenters. The van der Waals surface area contributed by atoms with Gasteiger partial charge in [-0.3, -0.25) is 0 Å². The average Bonchev–Trinajstić information content (AvgIpc) is 2.26. The number of allylic oxidation sites excluding steroid dienone is 1. The minimum Gasteiger partial charge on any atom is -0.478 e. The Hall–Kier alpha value is -2.30. The molecule has 1 aromatic rings. The van der Waals surface area contributed by atoms with Gasteiger partial charge in [-0.25, -0.2) is 9.59 Å². The van der Waals surface area contributed by atoms with Crippen LogP contribution in [-0.2, 0) is 6.54 Å². The molecular weight excluding hydrogens is 220 g/mol. The molecule has 1 rings (SSSR count). The Morgan fingerprint density at radius 3 is 2.35 bits per heavy atom. The molecule has 0 spiro atoms. The van der Waals surface area contributed by atoms with Crippen LogP contribution in [0.3, 0.4) is 0 Å². The number of nitrogens with one attached hydrogen (secondary N) is 2. The van der Waals surface area contributed by atoms with Gasteiger partial charge in [-0.1, -0.05) is 18.7 Å². The zero-order valence-electron chi connectivity index (χ0n) is 9.49. The van der Waals surface area contributed by atoms with E-state index in [1.807, 2.05) is 0 Å². The van der Waals surface area contributed by atoms with Gasteiger partial charge in [0.25, 0.3) is 0 Å². The molecule has 0 radical (unpaired) electrons. The highest BCUT2D eigenvalue weighted by molar-refractivity contribution is 5.87. The van der Waals surface area contributed by atoms with Gasteiger partial charge < -0.3 is 15.7 Å². The molecule has 2 amide bonds. The third kappa shape index (κ3) is 4.38. The molecule has 0 aliphatic heterocycles. The van der Waals surface area contributed by atoms with Crippen molar-refractivity contribution in [2.24, 2.45) is 0 Å². The standard InChI is InChI=1S/C12H14N2O3/c1-8(2)14-12(17)13-7-9-3-5-10(6-4-9)11(15)16/h3-6H,1,7H2,2H3,(H,15,16)(H2,13,14,17). The van der Waals surface area contributed by atoms with Crippen LogP contribution in [0.15, 0.2) is 36.5 Å². The predicted molar refractivity (Wildman–Crippen MR) is 63.6 cm³/mol. The van der Waals surface area contributed by atoms with Crippen molar-refractivity contribution in [1.82, 2.24) is 10.6 Å². The highest BCUT2D eigenvalue weighted by Crippen LogP contribution is 2.04. The number of benzene rings is 1. The number of aromatic carboxylic acids is 1. The molecule has 0 aromatic heterocycles. The minimum atomic E-state index is -0.968. The maximum Gasteiger partial charge on any atom is 0.335 e. The normalized spacial score (nSPS) is 9.47. The van der Waals surface area contributed by atoms with Crippen LogP contribution in [0.25, 0.3) is 0 Å². The van der Waals surface area contributed by atoms with Crippen LogP contribution >= 0.6 is 0 Å². The molecule has 17 heavy (non-hydrogen) atoms. The second-order valence-corrected chi connectivity index (χ2v) is 3.59. The summed E-state index contributed by atoms with van der Waals surface area (Å²) < 4.78 is 0. The summed E-state index contributed by atoms with van der Waals surface area (Å²) in [5.41, 5.74) is 1.61. The summed E-state index contributed by atoms with van der Waals surface area (Å²) in [4.78, 5) is 21.8. The fourth-order valence-corrected chi connectivity index (χ4v) is 1.19. The number of rotatable bonds is 4. The Kier molecular flexibility index (Phi) is 4.28. The van der Waals surface area contributed by atoms with Gasteiger partial charge in [-0.15, -0.1) is 0 Å². The summed E-state index contributed by atoms with van der Waals surface area (Å²) in [7, 11) is 0. The number of carbonyl (C=O) groups excluding carboxylic acids is 1. The van der Waals surface area contributed by atoms with Gasteiger partial charge in [0, 0.05) is 12.2 Å². The number of carboxylic acids is 1. The zero-order chi connectivity index (χ0) is 12.8. The molecule has 0 bridgehead atoms. The van der Waals surface area contributed by atoms with E-state index in [4.69, 9.17) is 5.11 Å². The van der Waals surface area contributed by atoms with Gasteiger partial charge in [-0.05, 0) is 24.6 Å². The second-order valence-electron chi connectivity index (χ2n) is 3.59. The van der Waals surface area contributed by atoms with E-state index in [0.29, 0.717) is 12.2 Å². The van der Waals surface area contributed by atoms with E-state index in [9.17, 15) is 9.59 Å². The lowest BCUT2D eigenvalue weighted by Gasteiger charge is -2.07. The first-order valence-electron chi connectivity index (χ1n) is 5.01. The molecule has 0 aliphatic carbocycles. The Balaban J connectivity index is 2.50. The van der Waals surface area contributed by atoms with Crippen molar-refractivity contribution in [1.29, 1.82) is 0 Å². The fourth-order valence-electron chi connectivity index (χ4n) is 1.19. The third-order valence-electron chi connectivity index (χ3n) is 1.98. The molecule has 5 heteroatoms. The topological polar surface area (TPSA) is 78.4 Å². The number of carboxylic acid groups (broad SMARTS) is 1. The number of carbonyl (C=O) groups is 2. The highest BCUT2D eigenvalue weighted by atomic mass is 16.4. The molecular formula is C12H14N2O3. The first-order valence-corrected chi connectivity index (χ1v) is 5.01. The van der Waals surface area contributed by atoms with Gasteiger partial charge in [0.05, 0.1) is 5.56 Å². The molecule has 0 atom stereocenters. The van der Waals surface area contributed by atoms with E-state index >= 15 is 0 Å². The van der Waals surface area contributed by atoms with Crippen molar-refractivity contribution >= 4 is 12.0 Å². The maximum atomic E-state index is 11.2. The van der Waals surface area contributed by atoms with Gasteiger partial charge >= 0.3 is 12.0 Å². The van der Waals surface area contributed by atoms with Crippen molar-refractivity contribution in [3.8, 4) is 0 Å². The highest BCUT2D eigenvalue weighted by Gasteiger charge is 2.03. The molecule has 0 fully saturated rings. The lowest BCUT2D eigenvalue weighted by atomic mass is 10.1. The number of hydrogen-bond acceptors (Lipinski definition) is 2. The van der Waals surface area contributed by atoms with Gasteiger partial charge in [-0.2, -0.15) is 0 Å². The lowest BCUT2D eigenvalue weighted by Crippen LogP contribution is -2.33. The van der Waals surface area contributed by atoms with Crippen molar-refractivity contribution < 1.29 is 14.7 Å². The summed E-state index contributed by atoms with van der Waals surface area (Å²) in [6.45, 7) is 5.56. The molecule has 90 valence electrons. The smallest absolute Gasteiger partial charge is 0.335 e. The van der Waals surface area contributed by atoms with E-state index in [0.717, 1.165) is 5.56 Å². The van der Waals surface area contributed by atoms with E-state index < -0.39 is 5.97 Å². The number of urea groups is 1. The molecule has 3 N–H and O–H groups in total. The summed E-state index contributed by atoms with van der Waals surface area (Å²) >= 11 is 0. The largest absolute Gasteiger partial charge is 0.478 e. The van der Waals surface area contributed by atoms with Crippen molar-refractivity contribution in [3.63, 3.8) is 0 Å². The quantitative estimate of drug-likeness (QED) is 0.742. The van der Waals surface area contributed by atoms with Crippen molar-refractivity contribution in [2.75, 3.05) is 0 Å². The average molecular weight is 234 g/mol. The monoisotopic (exact) mass is 234 g/mol. The van der Waals surface area contributed by atoms with E-state index in [1.54, 1.807) is 19.1 Å². The Bertz CT molecular complexity index is 438. The fraction of sp³-hybridized carbons (Fsp3) is 0.167. The molecule has 0 heterocycles. The van der Waals surface area contributed by atoms with Crippen LogP contribution in [0.4, 0.5) is 4.79 Å². The van der Waals surface area contributed by atoms with Crippen LogP contribution in [-0.4, -0.2) is 17.1 Å². The third-order valence-corrected chi connectivity index (χ3v) is 1.98. The first-order chi connectivity index (χ1) is 7.99. The SMILES string of the molecule is C=C(C)NC(=O)NCc1ccc(C(=O)O)cc1. The Labute approximate surface area is 99.1 Å². The summed E-state index contributed by atoms with van der Waals surface area (Å²) in [6.07, 6.45) is 0. The van der Waals surface area contributed by atoms with Crippen molar-refractivity contribution in [2.45, 2.75) is 13.5 Å². The minimum absolute atomic E-state index is 0.222. The van der Waals surface area contributed by atoms with Crippen LogP contribution < -0.4 is 10.6 Å². The van der Waals surface area contributed by atoms with E-state index in [-0.39, 0.29) is 11.6 Å². The van der Waals surface area contributed by atoms with Crippen molar-refractivity contribution in [3.05, 3.63) is 47.7 Å². The van der Waals surface area contributed by atoms with Crippen LogP contribution in [0.1, 0.15) is 22.8 Å². The Morgan fingerprint density at radius 1 is 1.29 bits per heavy atom.